The van der Waals surface area contributed by atoms with E-state index in [2.05, 4.69) is 25.6 Å². The second-order valence-electron chi connectivity index (χ2n) is 5.24. The molecule has 2 rings (SSSR count). The number of rotatable bonds is 7. The van der Waals surface area contributed by atoms with E-state index in [1.807, 2.05) is 13.1 Å². The lowest BCUT2D eigenvalue weighted by molar-refractivity contribution is -0.139. The van der Waals surface area contributed by atoms with E-state index >= 15 is 0 Å². The van der Waals surface area contributed by atoms with Crippen LogP contribution in [0.5, 0.6) is 5.88 Å². The monoisotopic (exact) mass is 387 g/mol. The van der Waals surface area contributed by atoms with Gasteiger partial charge in [0.25, 0.3) is 0 Å². The Morgan fingerprint density at radius 2 is 2.04 bits per heavy atom. The molecule has 142 valence electrons. The number of aliphatic imine (C=N–C) groups is 1. The Hall–Kier alpha value is -2.36. The Bertz CT molecular complexity index is 733. The van der Waals surface area contributed by atoms with Crippen molar-refractivity contribution in [2.75, 3.05) is 26.7 Å². The number of halogens is 3. The molecule has 6 nitrogen and oxygen atoms in total. The molecule has 0 unspecified atom stereocenters. The molecule has 2 aromatic rings. The van der Waals surface area contributed by atoms with Gasteiger partial charge in [-0.05, 0) is 19.1 Å². The predicted octanol–water partition coefficient (Wildman–Crippen LogP) is 2.65. The van der Waals surface area contributed by atoms with Crippen LogP contribution in [-0.4, -0.2) is 42.7 Å². The number of aromatic nitrogens is 2. The molecule has 10 heteroatoms. The normalized spacial score (nSPS) is 12.1. The first-order chi connectivity index (χ1) is 12.4. The topological polar surface area (TPSA) is 71.4 Å². The van der Waals surface area contributed by atoms with Gasteiger partial charge in [0, 0.05) is 37.3 Å². The SMILES string of the molecule is CN=C(NCCOc1ncccc1C(F)(F)F)NCCc1ncc(C)s1. The van der Waals surface area contributed by atoms with Crippen molar-refractivity contribution >= 4 is 17.3 Å². The summed E-state index contributed by atoms with van der Waals surface area (Å²) < 4.78 is 43.7. The lowest BCUT2D eigenvalue weighted by atomic mass is 10.2. The Morgan fingerprint density at radius 1 is 1.27 bits per heavy atom. The molecule has 0 aliphatic heterocycles. The van der Waals surface area contributed by atoms with E-state index in [9.17, 15) is 13.2 Å². The minimum Gasteiger partial charge on any atom is -0.475 e. The first-order valence-corrected chi connectivity index (χ1v) is 8.72. The van der Waals surface area contributed by atoms with E-state index in [0.29, 0.717) is 12.5 Å². The third kappa shape index (κ3) is 6.17. The third-order valence-electron chi connectivity index (χ3n) is 3.23. The summed E-state index contributed by atoms with van der Waals surface area (Å²) in [6.45, 7) is 2.95. The molecule has 0 saturated carbocycles. The standard InChI is InChI=1S/C16H20F3N5OS/c1-11-10-24-13(26-11)5-7-22-15(20-2)23-8-9-25-14-12(16(17,18)19)4-3-6-21-14/h3-4,6,10H,5,7-9H2,1-2H3,(H2,20,22,23). The van der Waals surface area contributed by atoms with E-state index < -0.39 is 17.6 Å². The van der Waals surface area contributed by atoms with E-state index in [-0.39, 0.29) is 13.2 Å². The lowest BCUT2D eigenvalue weighted by Crippen LogP contribution is -2.40. The molecule has 0 bridgehead atoms. The Labute approximate surface area is 153 Å². The Morgan fingerprint density at radius 3 is 2.69 bits per heavy atom. The summed E-state index contributed by atoms with van der Waals surface area (Å²) in [4.78, 5) is 13.1. The summed E-state index contributed by atoms with van der Waals surface area (Å²) in [5.41, 5.74) is -0.888. The van der Waals surface area contributed by atoms with Crippen LogP contribution >= 0.6 is 11.3 Å². The van der Waals surface area contributed by atoms with E-state index in [1.54, 1.807) is 18.4 Å². The van der Waals surface area contributed by atoms with Crippen LogP contribution in [0.2, 0.25) is 0 Å². The average molecular weight is 387 g/mol. The molecule has 0 aliphatic rings. The van der Waals surface area contributed by atoms with E-state index in [4.69, 9.17) is 4.74 Å². The van der Waals surface area contributed by atoms with Gasteiger partial charge in [0.05, 0.1) is 11.6 Å². The first-order valence-electron chi connectivity index (χ1n) is 7.91. The number of guanidine groups is 1. The molecule has 2 heterocycles. The molecule has 0 aliphatic carbocycles. The highest BCUT2D eigenvalue weighted by atomic mass is 32.1. The van der Waals surface area contributed by atoms with Crippen LogP contribution in [0.25, 0.3) is 0 Å². The Kier molecular flexibility index (Phi) is 7.19. The number of hydrogen-bond donors (Lipinski definition) is 2. The average Bonchev–Trinajstić information content (AvgIpc) is 3.01. The maximum atomic E-state index is 12.9. The van der Waals surface area contributed by atoms with E-state index in [0.717, 1.165) is 22.4 Å². The van der Waals surface area contributed by atoms with Crippen molar-refractivity contribution < 1.29 is 17.9 Å². The van der Waals surface area contributed by atoms with Gasteiger partial charge in [0.1, 0.15) is 12.2 Å². The molecule has 0 saturated heterocycles. The molecule has 0 amide bonds. The van der Waals surface area contributed by atoms with E-state index in [1.165, 1.54) is 12.3 Å². The summed E-state index contributed by atoms with van der Waals surface area (Å²) in [6, 6.07) is 2.17. The van der Waals surface area contributed by atoms with Crippen LogP contribution < -0.4 is 15.4 Å². The highest BCUT2D eigenvalue weighted by Gasteiger charge is 2.34. The molecular formula is C16H20F3N5OS. The largest absolute Gasteiger partial charge is 0.475 e. The van der Waals surface area contributed by atoms with Crippen molar-refractivity contribution in [3.63, 3.8) is 0 Å². The predicted molar refractivity (Wildman–Crippen MR) is 94.7 cm³/mol. The lowest BCUT2D eigenvalue weighted by Gasteiger charge is -2.14. The zero-order chi connectivity index (χ0) is 19.0. The minimum absolute atomic E-state index is 0.0203. The summed E-state index contributed by atoms with van der Waals surface area (Å²) in [6.07, 6.45) is -0.641. The second kappa shape index (κ2) is 9.37. The van der Waals surface area contributed by atoms with Gasteiger partial charge in [-0.2, -0.15) is 13.2 Å². The summed E-state index contributed by atoms with van der Waals surface area (Å²) in [7, 11) is 1.62. The van der Waals surface area contributed by atoms with Crippen molar-refractivity contribution in [3.8, 4) is 5.88 Å². The van der Waals surface area contributed by atoms with Crippen LogP contribution in [-0.2, 0) is 12.6 Å². The van der Waals surface area contributed by atoms with Gasteiger partial charge in [0.2, 0.25) is 5.88 Å². The maximum Gasteiger partial charge on any atom is 0.421 e. The second-order valence-corrected chi connectivity index (χ2v) is 6.56. The number of nitrogens with one attached hydrogen (secondary N) is 2. The molecule has 0 spiro atoms. The summed E-state index contributed by atoms with van der Waals surface area (Å²) in [5.74, 6) is 0.114. The maximum absolute atomic E-state index is 12.9. The zero-order valence-corrected chi connectivity index (χ0v) is 15.2. The molecule has 2 aromatic heterocycles. The summed E-state index contributed by atoms with van der Waals surface area (Å²) >= 11 is 1.64. The number of nitrogens with zero attached hydrogens (tertiary/aromatic N) is 3. The molecule has 0 atom stereocenters. The number of pyridine rings is 1. The zero-order valence-electron chi connectivity index (χ0n) is 14.4. The molecular weight excluding hydrogens is 367 g/mol. The number of ether oxygens (including phenoxy) is 1. The van der Waals surface area contributed by atoms with Crippen molar-refractivity contribution in [1.29, 1.82) is 0 Å². The number of thiazole rings is 1. The van der Waals surface area contributed by atoms with Crippen LogP contribution in [0.15, 0.2) is 29.5 Å². The highest BCUT2D eigenvalue weighted by molar-refractivity contribution is 7.11. The van der Waals surface area contributed by atoms with Crippen molar-refractivity contribution in [2.45, 2.75) is 19.5 Å². The molecule has 0 aromatic carbocycles. The third-order valence-corrected chi connectivity index (χ3v) is 4.21. The van der Waals surface area contributed by atoms with Gasteiger partial charge in [-0.25, -0.2) is 9.97 Å². The Balaban J connectivity index is 1.73. The first kappa shape index (κ1) is 20.0. The van der Waals surface area contributed by atoms with Gasteiger partial charge in [-0.1, -0.05) is 0 Å². The number of hydrogen-bond acceptors (Lipinski definition) is 5. The molecule has 26 heavy (non-hydrogen) atoms. The van der Waals surface area contributed by atoms with Crippen molar-refractivity contribution in [2.24, 2.45) is 4.99 Å². The van der Waals surface area contributed by atoms with Gasteiger partial charge in [-0.3, -0.25) is 4.99 Å². The highest BCUT2D eigenvalue weighted by Crippen LogP contribution is 2.34. The minimum atomic E-state index is -4.50. The molecule has 0 radical (unpaired) electrons. The van der Waals surface area contributed by atoms with Crippen molar-refractivity contribution in [1.82, 2.24) is 20.6 Å². The van der Waals surface area contributed by atoms with Crippen LogP contribution in [0.1, 0.15) is 15.4 Å². The number of aryl methyl sites for hydroxylation is 1. The molecule has 2 N–H and O–H groups in total. The fourth-order valence-electron chi connectivity index (χ4n) is 2.06. The van der Waals surface area contributed by atoms with Gasteiger partial charge in [0.15, 0.2) is 5.96 Å². The van der Waals surface area contributed by atoms with Gasteiger partial charge >= 0.3 is 6.18 Å². The van der Waals surface area contributed by atoms with Gasteiger partial charge in [-0.15, -0.1) is 11.3 Å². The smallest absolute Gasteiger partial charge is 0.421 e. The fourth-order valence-corrected chi connectivity index (χ4v) is 2.85. The fraction of sp³-hybridized carbons (Fsp3) is 0.438. The quantitative estimate of drug-likeness (QED) is 0.434. The van der Waals surface area contributed by atoms with Crippen molar-refractivity contribution in [3.05, 3.63) is 40.0 Å². The summed E-state index contributed by atoms with van der Waals surface area (Å²) in [5, 5.41) is 7.12. The molecule has 0 fully saturated rings. The van der Waals surface area contributed by atoms with Gasteiger partial charge < -0.3 is 15.4 Å². The van der Waals surface area contributed by atoms with Crippen LogP contribution in [0.3, 0.4) is 0 Å². The number of alkyl halides is 3. The van der Waals surface area contributed by atoms with Crippen LogP contribution in [0, 0.1) is 6.92 Å². The van der Waals surface area contributed by atoms with Crippen LogP contribution in [0.4, 0.5) is 13.2 Å².